The number of nitrogens with zero attached hydrogens (tertiary/aromatic N) is 2. The second kappa shape index (κ2) is 6.57. The number of benzene rings is 1. The molecule has 1 saturated heterocycles. The highest BCUT2D eigenvalue weighted by molar-refractivity contribution is 5.92. The third-order valence-electron chi connectivity index (χ3n) is 4.59. The van der Waals surface area contributed by atoms with E-state index in [0.29, 0.717) is 11.7 Å². The zero-order valence-corrected chi connectivity index (χ0v) is 13.6. The monoisotopic (exact) mass is 302 g/mol. The number of aromatic amines is 1. The van der Waals surface area contributed by atoms with Crippen LogP contribution in [0, 0.1) is 12.8 Å². The van der Waals surface area contributed by atoms with Gasteiger partial charge in [0.1, 0.15) is 5.75 Å². The maximum absolute atomic E-state index is 6.03. The minimum Gasteiger partial charge on any atom is -0.493 e. The topological polar surface area (TPSA) is 67.2 Å². The van der Waals surface area contributed by atoms with E-state index < -0.39 is 0 Å². The molecule has 0 aliphatic carbocycles. The molecule has 1 aliphatic heterocycles. The molecule has 1 fully saturated rings. The molecule has 0 amide bonds. The number of aromatic nitrogens is 2. The average molecular weight is 302 g/mol. The Morgan fingerprint density at radius 1 is 1.36 bits per heavy atom. The van der Waals surface area contributed by atoms with E-state index >= 15 is 0 Å². The minimum atomic E-state index is 0.558. The number of ether oxygens (including phenoxy) is 1. The number of hydrogen-bond acceptors (Lipinski definition) is 4. The van der Waals surface area contributed by atoms with E-state index in [-0.39, 0.29) is 0 Å². The Labute approximate surface area is 131 Å². The fourth-order valence-electron chi connectivity index (χ4n) is 3.35. The van der Waals surface area contributed by atoms with E-state index in [4.69, 9.17) is 10.5 Å². The van der Waals surface area contributed by atoms with Crippen molar-refractivity contribution in [2.24, 2.45) is 5.92 Å². The summed E-state index contributed by atoms with van der Waals surface area (Å²) in [5, 5.41) is 8.03. The van der Waals surface area contributed by atoms with Crippen molar-refractivity contribution in [1.29, 1.82) is 0 Å². The summed E-state index contributed by atoms with van der Waals surface area (Å²) in [6.07, 6.45) is 3.71. The number of nitrogen functional groups attached to an aromatic ring is 1. The third kappa shape index (κ3) is 3.19. The molecule has 1 aromatic carbocycles. The van der Waals surface area contributed by atoms with Gasteiger partial charge in [-0.3, -0.25) is 5.10 Å². The molecule has 2 heterocycles. The summed E-state index contributed by atoms with van der Waals surface area (Å²) in [5.74, 6) is 2.13. The molecule has 1 aliphatic rings. The van der Waals surface area contributed by atoms with E-state index in [1.807, 2.05) is 13.0 Å². The van der Waals surface area contributed by atoms with Crippen molar-refractivity contribution in [3.8, 4) is 5.75 Å². The van der Waals surface area contributed by atoms with Gasteiger partial charge in [0.05, 0.1) is 12.1 Å². The van der Waals surface area contributed by atoms with Crippen LogP contribution in [-0.4, -0.2) is 41.3 Å². The molecule has 0 bridgehead atoms. The molecule has 0 radical (unpaired) electrons. The van der Waals surface area contributed by atoms with Crippen LogP contribution in [0.5, 0.6) is 5.75 Å². The van der Waals surface area contributed by atoms with Gasteiger partial charge in [-0.05, 0) is 63.4 Å². The predicted octanol–water partition coefficient (Wildman–Crippen LogP) is 2.95. The molecule has 0 saturated carbocycles. The zero-order valence-electron chi connectivity index (χ0n) is 13.6. The lowest BCUT2D eigenvalue weighted by atomic mass is 9.98. The van der Waals surface area contributed by atoms with Crippen LogP contribution in [-0.2, 0) is 0 Å². The van der Waals surface area contributed by atoms with Gasteiger partial charge in [-0.1, -0.05) is 6.92 Å². The van der Waals surface area contributed by atoms with Crippen LogP contribution < -0.4 is 10.5 Å². The van der Waals surface area contributed by atoms with E-state index in [0.717, 1.165) is 28.8 Å². The fourth-order valence-corrected chi connectivity index (χ4v) is 3.35. The minimum absolute atomic E-state index is 0.558. The van der Waals surface area contributed by atoms with E-state index in [9.17, 15) is 0 Å². The summed E-state index contributed by atoms with van der Waals surface area (Å²) in [5.41, 5.74) is 7.92. The van der Waals surface area contributed by atoms with Crippen LogP contribution in [0.15, 0.2) is 12.1 Å². The predicted molar refractivity (Wildman–Crippen MR) is 90.2 cm³/mol. The van der Waals surface area contributed by atoms with Gasteiger partial charge >= 0.3 is 0 Å². The van der Waals surface area contributed by atoms with Crippen molar-refractivity contribution >= 4 is 16.7 Å². The highest BCUT2D eigenvalue weighted by Crippen LogP contribution is 2.28. The summed E-state index contributed by atoms with van der Waals surface area (Å²) in [6, 6.07) is 4.05. The Balaban J connectivity index is 1.58. The summed E-state index contributed by atoms with van der Waals surface area (Å²) >= 11 is 0. The Morgan fingerprint density at radius 3 is 2.86 bits per heavy atom. The second-order valence-corrected chi connectivity index (χ2v) is 6.37. The molecule has 1 aromatic heterocycles. The highest BCUT2D eigenvalue weighted by Gasteiger charge is 2.19. The summed E-state index contributed by atoms with van der Waals surface area (Å²) in [7, 11) is 0. The van der Waals surface area contributed by atoms with Crippen molar-refractivity contribution in [3.05, 3.63) is 17.7 Å². The molecule has 5 nitrogen and oxygen atoms in total. The summed E-state index contributed by atoms with van der Waals surface area (Å²) in [4.78, 5) is 2.56. The van der Waals surface area contributed by atoms with Gasteiger partial charge in [0.15, 0.2) is 5.82 Å². The standard InChI is InChI=1S/C17H26N4O/c1-3-6-21-7-4-13(5-8-21)11-22-14-9-12(2)16-15(10-14)19-20-17(16)18/h9-10,13H,3-8,11H2,1-2H3,(H3,18,19,20). The first-order valence-corrected chi connectivity index (χ1v) is 8.26. The Hall–Kier alpha value is -1.75. The van der Waals surface area contributed by atoms with Gasteiger partial charge in [-0.25, -0.2) is 0 Å². The SMILES string of the molecule is CCCN1CCC(COc2cc(C)c3c(N)n[nH]c3c2)CC1. The second-order valence-electron chi connectivity index (χ2n) is 6.37. The van der Waals surface area contributed by atoms with Crippen molar-refractivity contribution in [2.45, 2.75) is 33.1 Å². The molecule has 0 unspecified atom stereocenters. The number of anilines is 1. The van der Waals surface area contributed by atoms with Crippen molar-refractivity contribution in [2.75, 3.05) is 32.0 Å². The fraction of sp³-hybridized carbons (Fsp3) is 0.588. The molecule has 120 valence electrons. The number of fused-ring (bicyclic) bond motifs is 1. The van der Waals surface area contributed by atoms with Crippen molar-refractivity contribution < 1.29 is 4.74 Å². The number of nitrogens with one attached hydrogen (secondary N) is 1. The number of piperidine rings is 1. The normalized spacial score (nSPS) is 17.2. The van der Waals surface area contributed by atoms with Crippen LogP contribution >= 0.6 is 0 Å². The Morgan fingerprint density at radius 2 is 2.14 bits per heavy atom. The quantitative estimate of drug-likeness (QED) is 0.891. The van der Waals surface area contributed by atoms with E-state index in [1.165, 1.54) is 38.9 Å². The first-order chi connectivity index (χ1) is 10.7. The molecular formula is C17H26N4O. The zero-order chi connectivity index (χ0) is 15.5. The van der Waals surface area contributed by atoms with Gasteiger partial charge in [0, 0.05) is 11.5 Å². The average Bonchev–Trinajstić information content (AvgIpc) is 2.89. The number of rotatable bonds is 5. The van der Waals surface area contributed by atoms with Crippen LogP contribution in [0.1, 0.15) is 31.7 Å². The molecule has 2 aromatic rings. The third-order valence-corrected chi connectivity index (χ3v) is 4.59. The molecular weight excluding hydrogens is 276 g/mol. The molecule has 0 atom stereocenters. The van der Waals surface area contributed by atoms with Crippen LogP contribution in [0.2, 0.25) is 0 Å². The summed E-state index contributed by atoms with van der Waals surface area (Å²) < 4.78 is 6.03. The maximum atomic E-state index is 6.03. The molecule has 5 heteroatoms. The first kappa shape index (κ1) is 15.2. The van der Waals surface area contributed by atoms with Gasteiger partial charge < -0.3 is 15.4 Å². The lowest BCUT2D eigenvalue weighted by Crippen LogP contribution is -2.35. The number of aryl methyl sites for hydroxylation is 1. The smallest absolute Gasteiger partial charge is 0.153 e. The van der Waals surface area contributed by atoms with Gasteiger partial charge in [0.2, 0.25) is 0 Å². The lowest BCUT2D eigenvalue weighted by molar-refractivity contribution is 0.141. The molecule has 0 spiro atoms. The van der Waals surface area contributed by atoms with Crippen molar-refractivity contribution in [3.63, 3.8) is 0 Å². The molecule has 3 N–H and O–H groups in total. The maximum Gasteiger partial charge on any atom is 0.153 e. The first-order valence-electron chi connectivity index (χ1n) is 8.26. The van der Waals surface area contributed by atoms with Gasteiger partial charge in [-0.15, -0.1) is 0 Å². The van der Waals surface area contributed by atoms with Crippen molar-refractivity contribution in [1.82, 2.24) is 15.1 Å². The van der Waals surface area contributed by atoms with Crippen LogP contribution in [0.25, 0.3) is 10.9 Å². The number of nitrogens with two attached hydrogens (primary N) is 1. The van der Waals surface area contributed by atoms with Crippen LogP contribution in [0.4, 0.5) is 5.82 Å². The highest BCUT2D eigenvalue weighted by atomic mass is 16.5. The Bertz CT molecular complexity index is 629. The molecule has 3 rings (SSSR count). The number of likely N-dealkylation sites (tertiary alicyclic amines) is 1. The molecule has 22 heavy (non-hydrogen) atoms. The van der Waals surface area contributed by atoms with E-state index in [1.54, 1.807) is 0 Å². The summed E-state index contributed by atoms with van der Waals surface area (Å²) in [6.45, 7) is 8.73. The van der Waals surface area contributed by atoms with Crippen LogP contribution in [0.3, 0.4) is 0 Å². The Kier molecular flexibility index (Phi) is 4.52. The number of hydrogen-bond donors (Lipinski definition) is 2. The number of H-pyrrole nitrogens is 1. The van der Waals surface area contributed by atoms with Gasteiger partial charge in [0.25, 0.3) is 0 Å². The van der Waals surface area contributed by atoms with Gasteiger partial charge in [-0.2, -0.15) is 5.10 Å². The van der Waals surface area contributed by atoms with E-state index in [2.05, 4.69) is 28.1 Å². The lowest BCUT2D eigenvalue weighted by Gasteiger charge is -2.31. The largest absolute Gasteiger partial charge is 0.493 e.